The van der Waals surface area contributed by atoms with Crippen LogP contribution in [-0.2, 0) is 0 Å². The van der Waals surface area contributed by atoms with Gasteiger partial charge in [-0.25, -0.2) is 4.98 Å². The van der Waals surface area contributed by atoms with Crippen LogP contribution in [0.3, 0.4) is 0 Å². The number of aromatic nitrogens is 1. The molecule has 1 aromatic heterocycles. The smallest absolute Gasteiger partial charge is 0.126 e. The van der Waals surface area contributed by atoms with Crippen molar-refractivity contribution in [2.75, 3.05) is 14.2 Å². The number of hydrogen-bond acceptors (Lipinski definition) is 3. The average Bonchev–Trinajstić information content (AvgIpc) is 2.90. The molecule has 3 nitrogen and oxygen atoms in total. The Balaban J connectivity index is 1.48. The maximum Gasteiger partial charge on any atom is 0.126 e. The van der Waals surface area contributed by atoms with E-state index < -0.39 is 0 Å². The fourth-order valence-corrected chi connectivity index (χ4v) is 4.24. The Morgan fingerprint density at radius 1 is 0.500 bits per heavy atom. The number of hydrogen-bond donors (Lipinski definition) is 0. The van der Waals surface area contributed by atoms with E-state index in [1.807, 2.05) is 66.7 Å². The summed E-state index contributed by atoms with van der Waals surface area (Å²) >= 11 is 0. The van der Waals surface area contributed by atoms with E-state index >= 15 is 0 Å². The fourth-order valence-electron chi connectivity index (χ4n) is 4.24. The van der Waals surface area contributed by atoms with Gasteiger partial charge in [0.15, 0.2) is 0 Å². The van der Waals surface area contributed by atoms with Crippen LogP contribution in [0.15, 0.2) is 91.0 Å². The molecule has 0 aliphatic carbocycles. The molecule has 0 spiro atoms. The number of fused-ring (bicyclic) bond motifs is 2. The van der Waals surface area contributed by atoms with Gasteiger partial charge in [-0.3, -0.25) is 0 Å². The lowest BCUT2D eigenvalue weighted by Crippen LogP contribution is -1.90. The largest absolute Gasteiger partial charge is 0.496 e. The minimum Gasteiger partial charge on any atom is -0.496 e. The van der Waals surface area contributed by atoms with Crippen LogP contribution in [0.2, 0.25) is 0 Å². The first-order valence-corrected chi connectivity index (χ1v) is 11.2. The normalized spacial score (nSPS) is 11.6. The third-order valence-corrected chi connectivity index (χ3v) is 5.93. The molecule has 0 N–H and O–H groups in total. The van der Waals surface area contributed by atoms with Gasteiger partial charge in [0.25, 0.3) is 0 Å². The number of benzene rings is 4. The highest BCUT2D eigenvalue weighted by molar-refractivity contribution is 5.96. The third kappa shape index (κ3) is 4.28. The van der Waals surface area contributed by atoms with Crippen LogP contribution in [0.5, 0.6) is 11.5 Å². The number of methoxy groups -OCH3 is 2. The molecule has 0 radical (unpaired) electrons. The van der Waals surface area contributed by atoms with E-state index in [0.29, 0.717) is 0 Å². The second kappa shape index (κ2) is 9.63. The molecule has 166 valence electrons. The molecule has 34 heavy (non-hydrogen) atoms. The minimum atomic E-state index is 0.842. The predicted octanol–water partition coefficient (Wildman–Crippen LogP) is 7.75. The molecule has 1 heterocycles. The van der Waals surface area contributed by atoms with Crippen LogP contribution in [0.4, 0.5) is 0 Å². The van der Waals surface area contributed by atoms with Gasteiger partial charge in [0.2, 0.25) is 0 Å². The zero-order chi connectivity index (χ0) is 23.3. The topological polar surface area (TPSA) is 31.4 Å². The second-order valence-electron chi connectivity index (χ2n) is 7.96. The minimum absolute atomic E-state index is 0.842. The molecule has 0 bridgehead atoms. The van der Waals surface area contributed by atoms with Crippen LogP contribution in [-0.4, -0.2) is 19.2 Å². The molecular weight excluding hydrogens is 418 g/mol. The average molecular weight is 444 g/mol. The summed E-state index contributed by atoms with van der Waals surface area (Å²) in [4.78, 5) is 4.82. The summed E-state index contributed by atoms with van der Waals surface area (Å²) in [5.74, 6) is 1.68. The Kier molecular flexibility index (Phi) is 6.09. The van der Waals surface area contributed by atoms with E-state index in [-0.39, 0.29) is 0 Å². The van der Waals surface area contributed by atoms with Crippen molar-refractivity contribution in [3.63, 3.8) is 0 Å². The second-order valence-corrected chi connectivity index (χ2v) is 7.96. The molecule has 4 aromatic carbocycles. The Morgan fingerprint density at radius 2 is 0.971 bits per heavy atom. The zero-order valence-electron chi connectivity index (χ0n) is 19.2. The highest BCUT2D eigenvalue weighted by Gasteiger charge is 2.07. The SMILES string of the molecule is COc1ccc2ccccc2c1/C=C/c1cccc(/C=C/c2c(OC)ccc3ccccc23)n1. The summed E-state index contributed by atoms with van der Waals surface area (Å²) in [6.07, 6.45) is 8.20. The molecule has 0 saturated heterocycles. The van der Waals surface area contributed by atoms with Crippen LogP contribution in [0, 0.1) is 0 Å². The monoisotopic (exact) mass is 443 g/mol. The highest BCUT2D eigenvalue weighted by atomic mass is 16.5. The maximum atomic E-state index is 5.62. The van der Waals surface area contributed by atoms with E-state index in [9.17, 15) is 0 Å². The van der Waals surface area contributed by atoms with Crippen LogP contribution in [0.1, 0.15) is 22.5 Å². The molecule has 0 aliphatic heterocycles. The lowest BCUT2D eigenvalue weighted by Gasteiger charge is -2.09. The lowest BCUT2D eigenvalue weighted by molar-refractivity contribution is 0.414. The Labute approximate surface area is 199 Å². The van der Waals surface area contributed by atoms with Gasteiger partial charge in [-0.2, -0.15) is 0 Å². The van der Waals surface area contributed by atoms with Crippen LogP contribution < -0.4 is 9.47 Å². The van der Waals surface area contributed by atoms with Gasteiger partial charge in [-0.15, -0.1) is 0 Å². The summed E-state index contributed by atoms with van der Waals surface area (Å²) in [6.45, 7) is 0. The zero-order valence-corrected chi connectivity index (χ0v) is 19.2. The Hall–Kier alpha value is -4.37. The van der Waals surface area contributed by atoms with E-state index in [1.165, 1.54) is 10.8 Å². The molecule has 0 fully saturated rings. The summed E-state index contributed by atoms with van der Waals surface area (Å²) in [7, 11) is 3.40. The molecule has 5 aromatic rings. The standard InChI is InChI=1S/C31H25NO2/c1-33-30-20-14-22-8-3-5-12-26(22)28(30)18-16-24-10-7-11-25(32-24)17-19-29-27-13-6-4-9-23(27)15-21-31(29)34-2/h3-21H,1-2H3/b18-16+,19-17+. The molecule has 0 saturated carbocycles. The van der Waals surface area contributed by atoms with Crippen molar-refractivity contribution < 1.29 is 9.47 Å². The summed E-state index contributed by atoms with van der Waals surface area (Å²) in [5.41, 5.74) is 3.84. The molecule has 0 amide bonds. The van der Waals surface area contributed by atoms with Crippen molar-refractivity contribution in [3.05, 3.63) is 114 Å². The van der Waals surface area contributed by atoms with Crippen molar-refractivity contribution >= 4 is 45.8 Å². The Morgan fingerprint density at radius 3 is 1.44 bits per heavy atom. The van der Waals surface area contributed by atoms with Gasteiger partial charge in [-0.05, 0) is 70.1 Å². The molecule has 3 heteroatoms. The Bertz CT molecular complexity index is 1420. The van der Waals surface area contributed by atoms with Gasteiger partial charge in [0.05, 0.1) is 25.6 Å². The summed E-state index contributed by atoms with van der Waals surface area (Å²) in [5, 5.41) is 4.66. The first-order valence-electron chi connectivity index (χ1n) is 11.2. The molecule has 0 unspecified atom stereocenters. The van der Waals surface area contributed by atoms with Gasteiger partial charge >= 0.3 is 0 Å². The molecule has 5 rings (SSSR count). The van der Waals surface area contributed by atoms with E-state index in [0.717, 1.165) is 44.8 Å². The third-order valence-electron chi connectivity index (χ3n) is 5.93. The quantitative estimate of drug-likeness (QED) is 0.269. The van der Waals surface area contributed by atoms with Gasteiger partial charge in [0, 0.05) is 11.1 Å². The van der Waals surface area contributed by atoms with Crippen LogP contribution in [0.25, 0.3) is 45.8 Å². The van der Waals surface area contributed by atoms with Gasteiger partial charge in [-0.1, -0.05) is 66.7 Å². The number of pyridine rings is 1. The predicted molar refractivity (Wildman–Crippen MR) is 143 cm³/mol. The van der Waals surface area contributed by atoms with E-state index in [2.05, 4.69) is 48.6 Å². The van der Waals surface area contributed by atoms with Gasteiger partial charge in [0.1, 0.15) is 11.5 Å². The summed E-state index contributed by atoms with van der Waals surface area (Å²) in [6, 6.07) is 30.8. The van der Waals surface area contributed by atoms with Crippen molar-refractivity contribution in [2.45, 2.75) is 0 Å². The fraction of sp³-hybridized carbons (Fsp3) is 0.0645. The van der Waals surface area contributed by atoms with E-state index in [4.69, 9.17) is 14.5 Å². The molecular formula is C31H25NO2. The first kappa shape index (κ1) is 21.5. The maximum absolute atomic E-state index is 5.62. The molecule has 0 atom stereocenters. The molecule has 0 aliphatic rings. The first-order chi connectivity index (χ1) is 16.8. The van der Waals surface area contributed by atoms with Crippen molar-refractivity contribution in [3.8, 4) is 11.5 Å². The van der Waals surface area contributed by atoms with Crippen molar-refractivity contribution in [1.82, 2.24) is 4.98 Å². The summed E-state index contributed by atoms with van der Waals surface area (Å²) < 4.78 is 11.2. The van der Waals surface area contributed by atoms with Gasteiger partial charge < -0.3 is 9.47 Å². The number of nitrogens with zero attached hydrogens (tertiary/aromatic N) is 1. The van der Waals surface area contributed by atoms with Crippen molar-refractivity contribution in [1.29, 1.82) is 0 Å². The number of rotatable bonds is 6. The van der Waals surface area contributed by atoms with E-state index in [1.54, 1.807) is 14.2 Å². The van der Waals surface area contributed by atoms with Crippen molar-refractivity contribution in [2.24, 2.45) is 0 Å². The number of ether oxygens (including phenoxy) is 2. The van der Waals surface area contributed by atoms with Crippen LogP contribution >= 0.6 is 0 Å². The highest BCUT2D eigenvalue weighted by Crippen LogP contribution is 2.31. The lowest BCUT2D eigenvalue weighted by atomic mass is 10.0.